The summed E-state index contributed by atoms with van der Waals surface area (Å²) in [6.45, 7) is 5.37. The molecule has 0 spiro atoms. The fourth-order valence-corrected chi connectivity index (χ4v) is 5.15. The molecular weight excluding hydrogens is 447 g/mol. The van der Waals surface area contributed by atoms with E-state index in [0.29, 0.717) is 41.5 Å². The molecular formula is C26H27FN6O2. The molecule has 1 saturated heterocycles. The zero-order chi connectivity index (χ0) is 24.5. The number of nitrogens with zero attached hydrogens (tertiary/aromatic N) is 6. The van der Waals surface area contributed by atoms with Crippen molar-refractivity contribution in [1.29, 1.82) is 0 Å². The predicted octanol–water partition coefficient (Wildman–Crippen LogP) is 3.78. The number of pyridine rings is 1. The maximum Gasteiger partial charge on any atom is 0.256 e. The van der Waals surface area contributed by atoms with Crippen LogP contribution in [0.2, 0.25) is 0 Å². The van der Waals surface area contributed by atoms with Gasteiger partial charge >= 0.3 is 0 Å². The van der Waals surface area contributed by atoms with E-state index in [9.17, 15) is 9.18 Å². The number of fused-ring (bicyclic) bond motifs is 1. The van der Waals surface area contributed by atoms with Gasteiger partial charge in [0.2, 0.25) is 5.88 Å². The minimum atomic E-state index is -0.208. The number of piperidine rings is 1. The van der Waals surface area contributed by atoms with Gasteiger partial charge in [0, 0.05) is 43.4 Å². The molecule has 8 nitrogen and oxygen atoms in total. The van der Waals surface area contributed by atoms with E-state index >= 15 is 0 Å². The van der Waals surface area contributed by atoms with E-state index in [4.69, 9.17) is 4.74 Å². The van der Waals surface area contributed by atoms with Crippen molar-refractivity contribution in [2.75, 3.05) is 25.1 Å². The first-order valence-electron chi connectivity index (χ1n) is 11.7. The van der Waals surface area contributed by atoms with Crippen LogP contribution in [0.1, 0.15) is 41.1 Å². The van der Waals surface area contributed by atoms with Crippen LogP contribution in [0.15, 0.2) is 47.8 Å². The number of hydrogen-bond donors (Lipinski definition) is 0. The third kappa shape index (κ3) is 4.11. The molecule has 35 heavy (non-hydrogen) atoms. The van der Waals surface area contributed by atoms with Gasteiger partial charge in [0.15, 0.2) is 5.65 Å². The lowest BCUT2D eigenvalue weighted by Gasteiger charge is -2.35. The molecule has 0 aliphatic carbocycles. The summed E-state index contributed by atoms with van der Waals surface area (Å²) in [6, 6.07) is 5.16. The van der Waals surface area contributed by atoms with Crippen LogP contribution in [0, 0.1) is 19.7 Å². The molecule has 1 aliphatic rings. The molecule has 0 radical (unpaired) electrons. The van der Waals surface area contributed by atoms with Gasteiger partial charge in [0.1, 0.15) is 17.0 Å². The first-order valence-corrected chi connectivity index (χ1v) is 11.7. The molecule has 3 aromatic heterocycles. The van der Waals surface area contributed by atoms with Crippen molar-refractivity contribution in [2.45, 2.75) is 39.2 Å². The average Bonchev–Trinajstić information content (AvgIpc) is 2.87. The lowest BCUT2D eigenvalue weighted by molar-refractivity contribution is 0.387. The Morgan fingerprint density at radius 3 is 2.49 bits per heavy atom. The summed E-state index contributed by atoms with van der Waals surface area (Å²) in [6.07, 6.45) is 7.83. The number of anilines is 1. The highest BCUT2D eigenvalue weighted by molar-refractivity contribution is 5.75. The Labute approximate surface area is 202 Å². The maximum atomic E-state index is 14.5. The third-order valence-corrected chi connectivity index (χ3v) is 6.81. The van der Waals surface area contributed by atoms with Gasteiger partial charge in [-0.25, -0.2) is 14.4 Å². The van der Waals surface area contributed by atoms with E-state index in [2.05, 4.69) is 24.8 Å². The van der Waals surface area contributed by atoms with Crippen molar-refractivity contribution < 1.29 is 9.13 Å². The number of methoxy groups -OCH3 is 1. The van der Waals surface area contributed by atoms with Crippen molar-refractivity contribution in [3.63, 3.8) is 0 Å². The number of hydrogen-bond acceptors (Lipinski definition) is 7. The second-order valence-corrected chi connectivity index (χ2v) is 8.84. The summed E-state index contributed by atoms with van der Waals surface area (Å²) in [5.41, 5.74) is 4.79. The molecule has 9 heteroatoms. The fourth-order valence-electron chi connectivity index (χ4n) is 5.15. The van der Waals surface area contributed by atoms with Crippen molar-refractivity contribution in [2.24, 2.45) is 0 Å². The van der Waals surface area contributed by atoms with Gasteiger partial charge in [-0.05, 0) is 49.8 Å². The molecule has 0 unspecified atom stereocenters. The van der Waals surface area contributed by atoms with Crippen LogP contribution in [-0.2, 0) is 6.54 Å². The molecule has 0 amide bonds. The van der Waals surface area contributed by atoms with E-state index in [-0.39, 0.29) is 23.8 Å². The Morgan fingerprint density at radius 1 is 1.03 bits per heavy atom. The number of halogens is 1. The van der Waals surface area contributed by atoms with Gasteiger partial charge in [-0.1, -0.05) is 12.1 Å². The first kappa shape index (κ1) is 22.9. The summed E-state index contributed by atoms with van der Waals surface area (Å²) >= 11 is 0. The predicted molar refractivity (Wildman–Crippen MR) is 132 cm³/mol. The molecule has 0 N–H and O–H groups in total. The van der Waals surface area contributed by atoms with Gasteiger partial charge < -0.3 is 9.64 Å². The molecule has 1 aliphatic heterocycles. The van der Waals surface area contributed by atoms with Crippen molar-refractivity contribution >= 4 is 16.9 Å². The van der Waals surface area contributed by atoms with E-state index in [1.54, 1.807) is 35.4 Å². The second-order valence-electron chi connectivity index (χ2n) is 8.84. The van der Waals surface area contributed by atoms with E-state index < -0.39 is 0 Å². The van der Waals surface area contributed by atoms with Crippen LogP contribution in [0.25, 0.3) is 11.2 Å². The number of rotatable bonds is 5. The van der Waals surface area contributed by atoms with E-state index in [1.807, 2.05) is 19.9 Å². The standard InChI is InChI=1S/C26H27FN6O2/c1-16-5-4-6-19(27)23(16)32-13-7-18(8-14-32)21-17(2)22-24(30-11-10-29-22)33(26(21)34)15-20-25(35-3)31-12-9-28-20/h4-6,9-12,18H,7-8,13-15H2,1-3H3. The Balaban J connectivity index is 1.53. The van der Waals surface area contributed by atoms with Crippen LogP contribution in [0.5, 0.6) is 5.88 Å². The molecule has 4 aromatic rings. The SMILES string of the molecule is COc1nccnc1Cn1c(=O)c(C2CCN(c3c(C)cccc3F)CC2)c(C)c2nccnc21. The molecule has 5 rings (SSSR count). The monoisotopic (exact) mass is 474 g/mol. The molecule has 180 valence electrons. The summed E-state index contributed by atoms with van der Waals surface area (Å²) in [7, 11) is 1.53. The van der Waals surface area contributed by atoms with E-state index in [1.165, 1.54) is 13.2 Å². The normalized spacial score (nSPS) is 14.5. The van der Waals surface area contributed by atoms with Crippen molar-refractivity contribution in [3.05, 3.63) is 81.5 Å². The molecule has 0 bridgehead atoms. The van der Waals surface area contributed by atoms with Gasteiger partial charge in [0.05, 0.1) is 19.3 Å². The zero-order valence-corrected chi connectivity index (χ0v) is 20.0. The highest BCUT2D eigenvalue weighted by atomic mass is 19.1. The largest absolute Gasteiger partial charge is 0.480 e. The van der Waals surface area contributed by atoms with Crippen LogP contribution in [-0.4, -0.2) is 44.7 Å². The van der Waals surface area contributed by atoms with Crippen LogP contribution >= 0.6 is 0 Å². The lowest BCUT2D eigenvalue weighted by Crippen LogP contribution is -2.37. The summed E-state index contributed by atoms with van der Waals surface area (Å²) in [4.78, 5) is 33.6. The van der Waals surface area contributed by atoms with Gasteiger partial charge in [0.25, 0.3) is 5.56 Å². The molecule has 0 atom stereocenters. The number of aromatic nitrogens is 5. The number of benzene rings is 1. The van der Waals surface area contributed by atoms with Gasteiger partial charge in [-0.15, -0.1) is 0 Å². The topological polar surface area (TPSA) is 86.0 Å². The molecule has 0 saturated carbocycles. The number of para-hydroxylation sites is 1. The minimum absolute atomic E-state index is 0.0345. The lowest BCUT2D eigenvalue weighted by atomic mass is 9.87. The van der Waals surface area contributed by atoms with Crippen LogP contribution in [0.4, 0.5) is 10.1 Å². The average molecular weight is 475 g/mol. The highest BCUT2D eigenvalue weighted by Crippen LogP contribution is 2.34. The summed E-state index contributed by atoms with van der Waals surface area (Å²) < 4.78 is 21.5. The van der Waals surface area contributed by atoms with Crippen molar-refractivity contribution in [3.8, 4) is 5.88 Å². The number of aryl methyl sites for hydroxylation is 2. The molecule has 4 heterocycles. The highest BCUT2D eigenvalue weighted by Gasteiger charge is 2.29. The second kappa shape index (κ2) is 9.40. The smallest absolute Gasteiger partial charge is 0.256 e. The molecule has 1 fully saturated rings. The van der Waals surface area contributed by atoms with Crippen molar-refractivity contribution in [1.82, 2.24) is 24.5 Å². The van der Waals surface area contributed by atoms with Gasteiger partial charge in [-0.2, -0.15) is 0 Å². The Morgan fingerprint density at radius 2 is 1.74 bits per heavy atom. The fraction of sp³-hybridized carbons (Fsp3) is 0.346. The molecule has 1 aromatic carbocycles. The zero-order valence-electron chi connectivity index (χ0n) is 20.0. The Kier molecular flexibility index (Phi) is 6.15. The van der Waals surface area contributed by atoms with Crippen LogP contribution in [0.3, 0.4) is 0 Å². The Bertz CT molecular complexity index is 1430. The maximum absolute atomic E-state index is 14.5. The third-order valence-electron chi connectivity index (χ3n) is 6.81. The summed E-state index contributed by atoms with van der Waals surface area (Å²) in [5.74, 6) is 0.195. The number of ether oxygens (including phenoxy) is 1. The van der Waals surface area contributed by atoms with E-state index in [0.717, 1.165) is 29.5 Å². The Hall–Kier alpha value is -3.88. The quantitative estimate of drug-likeness (QED) is 0.435. The first-order chi connectivity index (χ1) is 17.0. The van der Waals surface area contributed by atoms with Crippen LogP contribution < -0.4 is 15.2 Å². The minimum Gasteiger partial charge on any atom is -0.480 e. The summed E-state index contributed by atoms with van der Waals surface area (Å²) in [5, 5.41) is 0. The van der Waals surface area contributed by atoms with Gasteiger partial charge in [-0.3, -0.25) is 19.3 Å².